The summed E-state index contributed by atoms with van der Waals surface area (Å²) >= 11 is 2.14. The summed E-state index contributed by atoms with van der Waals surface area (Å²) in [6, 6.07) is 15.2. The fourth-order valence-corrected chi connectivity index (χ4v) is 2.18. The average molecular weight is 367 g/mol. The maximum atomic E-state index is 11.9. The van der Waals surface area contributed by atoms with Gasteiger partial charge >= 0.3 is 5.97 Å². The van der Waals surface area contributed by atoms with Crippen LogP contribution in [0.5, 0.6) is 0 Å². The molecule has 2 rings (SSSR count). The zero-order valence-electron chi connectivity index (χ0n) is 10.3. The number of hydrogen-bond donors (Lipinski definition) is 1. The van der Waals surface area contributed by atoms with E-state index in [1.807, 2.05) is 36.4 Å². The van der Waals surface area contributed by atoms with Crippen molar-refractivity contribution >= 4 is 34.2 Å². The van der Waals surface area contributed by atoms with Gasteiger partial charge in [-0.15, -0.1) is 0 Å². The summed E-state index contributed by atoms with van der Waals surface area (Å²) in [4.78, 5) is 11.9. The van der Waals surface area contributed by atoms with E-state index in [0.717, 1.165) is 9.13 Å². The van der Waals surface area contributed by atoms with Crippen LogP contribution >= 0.6 is 22.6 Å². The minimum absolute atomic E-state index is 0.355. The monoisotopic (exact) mass is 367 g/mol. The van der Waals surface area contributed by atoms with Gasteiger partial charge < -0.3 is 10.5 Å². The molecule has 2 aromatic rings. The molecule has 0 aliphatic heterocycles. The third kappa shape index (κ3) is 3.96. The van der Waals surface area contributed by atoms with Gasteiger partial charge in [0.25, 0.3) is 0 Å². The third-order valence-corrected chi connectivity index (χ3v) is 3.37. The molecule has 19 heavy (non-hydrogen) atoms. The molecular formula is C15H14INO2. The Morgan fingerprint density at radius 3 is 2.63 bits per heavy atom. The molecule has 0 atom stereocenters. The molecule has 0 fully saturated rings. The molecule has 2 N–H and O–H groups in total. The SMILES string of the molecule is Nc1ccc(I)cc1C(=O)OCCc1ccccc1. The fraction of sp³-hybridized carbons (Fsp3) is 0.133. The molecule has 0 aliphatic rings. The first-order valence-electron chi connectivity index (χ1n) is 5.93. The van der Waals surface area contributed by atoms with E-state index in [9.17, 15) is 4.79 Å². The molecule has 4 heteroatoms. The van der Waals surface area contributed by atoms with Crippen molar-refractivity contribution in [3.8, 4) is 0 Å². The Hall–Kier alpha value is -1.56. The summed E-state index contributed by atoms with van der Waals surface area (Å²) in [7, 11) is 0. The van der Waals surface area contributed by atoms with Crippen molar-refractivity contribution in [3.63, 3.8) is 0 Å². The Bertz CT molecular complexity index is 570. The number of nitrogen functional groups attached to an aromatic ring is 1. The van der Waals surface area contributed by atoms with Crippen molar-refractivity contribution in [3.05, 3.63) is 63.2 Å². The fourth-order valence-electron chi connectivity index (χ4n) is 1.69. The summed E-state index contributed by atoms with van der Waals surface area (Å²) in [6.07, 6.45) is 0.705. The van der Waals surface area contributed by atoms with E-state index in [1.54, 1.807) is 12.1 Å². The third-order valence-electron chi connectivity index (χ3n) is 2.70. The lowest BCUT2D eigenvalue weighted by atomic mass is 10.1. The number of benzene rings is 2. The maximum absolute atomic E-state index is 11.9. The number of ether oxygens (including phenoxy) is 1. The van der Waals surface area contributed by atoms with Crippen LogP contribution in [0.4, 0.5) is 5.69 Å². The molecular weight excluding hydrogens is 353 g/mol. The van der Waals surface area contributed by atoms with Crippen molar-refractivity contribution in [2.75, 3.05) is 12.3 Å². The van der Waals surface area contributed by atoms with Crippen LogP contribution in [0.25, 0.3) is 0 Å². The van der Waals surface area contributed by atoms with Gasteiger partial charge in [0, 0.05) is 15.7 Å². The molecule has 98 valence electrons. The van der Waals surface area contributed by atoms with Gasteiger partial charge in [0.1, 0.15) is 0 Å². The van der Waals surface area contributed by atoms with Gasteiger partial charge in [-0.2, -0.15) is 0 Å². The second-order valence-electron chi connectivity index (χ2n) is 4.10. The standard InChI is InChI=1S/C15H14INO2/c16-12-6-7-14(17)13(10-12)15(18)19-9-8-11-4-2-1-3-5-11/h1-7,10H,8-9,17H2. The Morgan fingerprint density at radius 1 is 1.16 bits per heavy atom. The maximum Gasteiger partial charge on any atom is 0.340 e. The predicted octanol–water partition coefficient (Wildman–Crippen LogP) is 3.27. The summed E-state index contributed by atoms with van der Waals surface area (Å²) in [5, 5.41) is 0. The Labute approximate surface area is 125 Å². The predicted molar refractivity (Wildman–Crippen MR) is 84.0 cm³/mol. The van der Waals surface area contributed by atoms with Crippen molar-refractivity contribution < 1.29 is 9.53 Å². The summed E-state index contributed by atoms with van der Waals surface area (Å²) < 4.78 is 6.21. The van der Waals surface area contributed by atoms with Crippen LogP contribution in [0.3, 0.4) is 0 Å². The number of carbonyl (C=O) groups excluding carboxylic acids is 1. The largest absolute Gasteiger partial charge is 0.462 e. The molecule has 0 saturated carbocycles. The summed E-state index contributed by atoms with van der Waals surface area (Å²) in [6.45, 7) is 0.355. The zero-order valence-corrected chi connectivity index (χ0v) is 12.5. The van der Waals surface area contributed by atoms with Crippen LogP contribution < -0.4 is 5.73 Å². The molecule has 0 radical (unpaired) electrons. The first-order valence-corrected chi connectivity index (χ1v) is 7.01. The molecule has 0 aromatic heterocycles. The van der Waals surface area contributed by atoms with E-state index in [2.05, 4.69) is 22.6 Å². The van der Waals surface area contributed by atoms with Crippen molar-refractivity contribution in [2.24, 2.45) is 0 Å². The van der Waals surface area contributed by atoms with E-state index < -0.39 is 0 Å². The summed E-state index contributed by atoms with van der Waals surface area (Å²) in [5.74, 6) is -0.369. The van der Waals surface area contributed by atoms with Gasteiger partial charge in [-0.05, 0) is 46.4 Å². The highest BCUT2D eigenvalue weighted by Gasteiger charge is 2.11. The van der Waals surface area contributed by atoms with E-state index >= 15 is 0 Å². The lowest BCUT2D eigenvalue weighted by molar-refractivity contribution is 0.0510. The van der Waals surface area contributed by atoms with Gasteiger partial charge in [0.05, 0.1) is 12.2 Å². The quantitative estimate of drug-likeness (QED) is 0.513. The minimum atomic E-state index is -0.369. The molecule has 0 aliphatic carbocycles. The summed E-state index contributed by atoms with van der Waals surface area (Å²) in [5.41, 5.74) is 7.79. The average Bonchev–Trinajstić information content (AvgIpc) is 2.42. The number of halogens is 1. The van der Waals surface area contributed by atoms with E-state index in [0.29, 0.717) is 24.3 Å². The molecule has 0 saturated heterocycles. The number of anilines is 1. The number of esters is 1. The highest BCUT2D eigenvalue weighted by atomic mass is 127. The normalized spacial score (nSPS) is 10.2. The zero-order chi connectivity index (χ0) is 13.7. The molecule has 3 nitrogen and oxygen atoms in total. The highest BCUT2D eigenvalue weighted by molar-refractivity contribution is 14.1. The van der Waals surface area contributed by atoms with Gasteiger partial charge in [0.2, 0.25) is 0 Å². The van der Waals surface area contributed by atoms with Gasteiger partial charge in [-0.1, -0.05) is 30.3 Å². The number of rotatable bonds is 4. The number of nitrogens with two attached hydrogens (primary N) is 1. The minimum Gasteiger partial charge on any atom is -0.462 e. The molecule has 0 amide bonds. The van der Waals surface area contributed by atoms with Gasteiger partial charge in [-0.25, -0.2) is 4.79 Å². The molecule has 0 unspecified atom stereocenters. The Morgan fingerprint density at radius 2 is 1.89 bits per heavy atom. The van der Waals surface area contributed by atoms with Gasteiger partial charge in [0.15, 0.2) is 0 Å². The van der Waals surface area contributed by atoms with Crippen molar-refractivity contribution in [2.45, 2.75) is 6.42 Å². The molecule has 0 heterocycles. The molecule has 2 aromatic carbocycles. The van der Waals surface area contributed by atoms with Gasteiger partial charge in [-0.3, -0.25) is 0 Å². The first kappa shape index (κ1) is 13.9. The highest BCUT2D eigenvalue weighted by Crippen LogP contribution is 2.16. The first-order chi connectivity index (χ1) is 9.16. The smallest absolute Gasteiger partial charge is 0.340 e. The molecule has 0 bridgehead atoms. The van der Waals surface area contributed by atoms with Crippen LogP contribution in [0, 0.1) is 3.57 Å². The van der Waals surface area contributed by atoms with E-state index in [4.69, 9.17) is 10.5 Å². The van der Waals surface area contributed by atoms with E-state index in [-0.39, 0.29) is 5.97 Å². The van der Waals surface area contributed by atoms with Crippen molar-refractivity contribution in [1.82, 2.24) is 0 Å². The number of carbonyl (C=O) groups is 1. The lowest BCUT2D eigenvalue weighted by Crippen LogP contribution is -2.10. The van der Waals surface area contributed by atoms with Crippen LogP contribution in [0.2, 0.25) is 0 Å². The van der Waals surface area contributed by atoms with E-state index in [1.165, 1.54) is 0 Å². The van der Waals surface area contributed by atoms with Crippen LogP contribution in [-0.2, 0) is 11.2 Å². The molecule has 0 spiro atoms. The lowest BCUT2D eigenvalue weighted by Gasteiger charge is -2.07. The second kappa shape index (κ2) is 6.56. The Kier molecular flexibility index (Phi) is 4.79. The van der Waals surface area contributed by atoms with Crippen LogP contribution in [0.1, 0.15) is 15.9 Å². The van der Waals surface area contributed by atoms with Crippen molar-refractivity contribution in [1.29, 1.82) is 0 Å². The Balaban J connectivity index is 1.93. The van der Waals surface area contributed by atoms with Crippen LogP contribution in [-0.4, -0.2) is 12.6 Å². The topological polar surface area (TPSA) is 52.3 Å². The number of hydrogen-bond acceptors (Lipinski definition) is 3. The van der Waals surface area contributed by atoms with Crippen LogP contribution in [0.15, 0.2) is 48.5 Å². The second-order valence-corrected chi connectivity index (χ2v) is 5.35.